The van der Waals surface area contributed by atoms with Gasteiger partial charge in [0.2, 0.25) is 0 Å². The van der Waals surface area contributed by atoms with Gasteiger partial charge in [-0.1, -0.05) is 19.4 Å². The fourth-order valence-electron chi connectivity index (χ4n) is 1.95. The number of nitrogens with one attached hydrogen (secondary N) is 1. The van der Waals surface area contributed by atoms with Crippen LogP contribution in [0.4, 0.5) is 11.4 Å². The summed E-state index contributed by atoms with van der Waals surface area (Å²) in [4.78, 5) is 10.2. The molecule has 0 bridgehead atoms. The highest BCUT2D eigenvalue weighted by atomic mass is 32.2. The summed E-state index contributed by atoms with van der Waals surface area (Å²) < 4.78 is 32.5. The van der Waals surface area contributed by atoms with E-state index in [1.807, 2.05) is 0 Å². The van der Waals surface area contributed by atoms with Gasteiger partial charge in [0.15, 0.2) is 0 Å². The monoisotopic (exact) mass is 350 g/mol. The SMILES string of the molecule is CCCCOc1ccc(S(=O)(=O)Nc2cccc([N+](=O)[O-])c2)cc1. The maximum Gasteiger partial charge on any atom is 0.271 e. The molecule has 128 valence electrons. The number of nitrogens with zero attached hydrogens (tertiary/aromatic N) is 1. The lowest BCUT2D eigenvalue weighted by molar-refractivity contribution is -0.384. The van der Waals surface area contributed by atoms with Gasteiger partial charge in [-0.2, -0.15) is 0 Å². The molecular weight excluding hydrogens is 332 g/mol. The number of non-ortho nitro benzene ring substituents is 1. The van der Waals surface area contributed by atoms with E-state index in [4.69, 9.17) is 4.74 Å². The van der Waals surface area contributed by atoms with Crippen molar-refractivity contribution in [3.63, 3.8) is 0 Å². The standard InChI is InChI=1S/C16H18N2O5S/c1-2-3-11-23-15-7-9-16(10-8-15)24(21,22)17-13-5-4-6-14(12-13)18(19)20/h4-10,12,17H,2-3,11H2,1H3. The molecule has 0 unspecified atom stereocenters. The molecule has 0 spiro atoms. The Balaban J connectivity index is 2.12. The fourth-order valence-corrected chi connectivity index (χ4v) is 3.00. The maximum atomic E-state index is 12.3. The largest absolute Gasteiger partial charge is 0.494 e. The second kappa shape index (κ2) is 7.78. The number of hydrogen-bond donors (Lipinski definition) is 1. The number of hydrogen-bond acceptors (Lipinski definition) is 5. The van der Waals surface area contributed by atoms with E-state index in [-0.39, 0.29) is 16.3 Å². The fraction of sp³-hybridized carbons (Fsp3) is 0.250. The lowest BCUT2D eigenvalue weighted by Crippen LogP contribution is -2.13. The first-order valence-corrected chi connectivity index (χ1v) is 8.91. The molecule has 0 atom stereocenters. The molecule has 8 heteroatoms. The lowest BCUT2D eigenvalue weighted by atomic mass is 10.3. The van der Waals surface area contributed by atoms with Crippen LogP contribution in [0.5, 0.6) is 5.75 Å². The van der Waals surface area contributed by atoms with Crippen molar-refractivity contribution in [2.75, 3.05) is 11.3 Å². The van der Waals surface area contributed by atoms with Crippen LogP contribution in [0.3, 0.4) is 0 Å². The molecular formula is C16H18N2O5S. The smallest absolute Gasteiger partial charge is 0.271 e. The van der Waals surface area contributed by atoms with Gasteiger partial charge in [0.05, 0.1) is 22.1 Å². The zero-order valence-electron chi connectivity index (χ0n) is 13.1. The molecule has 0 aliphatic heterocycles. The van der Waals surface area contributed by atoms with Crippen LogP contribution >= 0.6 is 0 Å². The van der Waals surface area contributed by atoms with Crippen LogP contribution in [0.25, 0.3) is 0 Å². The number of rotatable bonds is 8. The summed E-state index contributed by atoms with van der Waals surface area (Å²) in [5.74, 6) is 0.595. The van der Waals surface area contributed by atoms with E-state index in [1.54, 1.807) is 12.1 Å². The highest BCUT2D eigenvalue weighted by Gasteiger charge is 2.16. The topological polar surface area (TPSA) is 98.5 Å². The molecule has 0 heterocycles. The Bertz CT molecular complexity index is 803. The van der Waals surface area contributed by atoms with Crippen molar-refractivity contribution in [2.24, 2.45) is 0 Å². The molecule has 2 aromatic carbocycles. The van der Waals surface area contributed by atoms with Crippen LogP contribution in [-0.2, 0) is 10.0 Å². The second-order valence-electron chi connectivity index (χ2n) is 5.09. The molecule has 0 aromatic heterocycles. The zero-order valence-corrected chi connectivity index (χ0v) is 14.0. The van der Waals surface area contributed by atoms with E-state index < -0.39 is 14.9 Å². The summed E-state index contributed by atoms with van der Waals surface area (Å²) >= 11 is 0. The molecule has 1 N–H and O–H groups in total. The van der Waals surface area contributed by atoms with E-state index in [9.17, 15) is 18.5 Å². The van der Waals surface area contributed by atoms with Gasteiger partial charge in [0, 0.05) is 12.1 Å². The Kier molecular flexibility index (Phi) is 5.75. The Labute approximate surface area is 140 Å². The first-order valence-electron chi connectivity index (χ1n) is 7.42. The zero-order chi connectivity index (χ0) is 17.6. The molecule has 0 aliphatic rings. The number of ether oxygens (including phenoxy) is 1. The highest BCUT2D eigenvalue weighted by Crippen LogP contribution is 2.22. The van der Waals surface area contributed by atoms with Crippen LogP contribution in [0.2, 0.25) is 0 Å². The average Bonchev–Trinajstić information content (AvgIpc) is 2.55. The van der Waals surface area contributed by atoms with Crippen LogP contribution < -0.4 is 9.46 Å². The number of benzene rings is 2. The van der Waals surface area contributed by atoms with Crippen LogP contribution in [0.15, 0.2) is 53.4 Å². The van der Waals surface area contributed by atoms with E-state index in [1.165, 1.54) is 36.4 Å². The number of nitro groups is 1. The van der Waals surface area contributed by atoms with Gasteiger partial charge < -0.3 is 4.74 Å². The van der Waals surface area contributed by atoms with Gasteiger partial charge >= 0.3 is 0 Å². The molecule has 0 saturated heterocycles. The van der Waals surface area contributed by atoms with E-state index in [0.29, 0.717) is 12.4 Å². The van der Waals surface area contributed by atoms with Crippen molar-refractivity contribution >= 4 is 21.4 Å². The van der Waals surface area contributed by atoms with E-state index in [0.717, 1.165) is 12.8 Å². The van der Waals surface area contributed by atoms with Gasteiger partial charge in [-0.25, -0.2) is 8.42 Å². The van der Waals surface area contributed by atoms with Crippen LogP contribution in [-0.4, -0.2) is 19.9 Å². The molecule has 0 radical (unpaired) electrons. The van der Waals surface area contributed by atoms with Crippen molar-refractivity contribution in [1.29, 1.82) is 0 Å². The minimum atomic E-state index is -3.83. The van der Waals surface area contributed by atoms with E-state index >= 15 is 0 Å². The quantitative estimate of drug-likeness (QED) is 0.446. The average molecular weight is 350 g/mol. The van der Waals surface area contributed by atoms with Crippen LogP contribution in [0, 0.1) is 10.1 Å². The van der Waals surface area contributed by atoms with Crippen molar-refractivity contribution < 1.29 is 18.1 Å². The summed E-state index contributed by atoms with van der Waals surface area (Å²) in [5, 5.41) is 10.7. The third-order valence-electron chi connectivity index (χ3n) is 3.21. The van der Waals surface area contributed by atoms with Crippen molar-refractivity contribution in [3.05, 3.63) is 58.6 Å². The summed E-state index contributed by atoms with van der Waals surface area (Å²) in [6, 6.07) is 11.4. The third kappa shape index (κ3) is 4.69. The van der Waals surface area contributed by atoms with Gasteiger partial charge in [0.25, 0.3) is 15.7 Å². The molecule has 2 rings (SSSR count). The molecule has 24 heavy (non-hydrogen) atoms. The summed E-state index contributed by atoms with van der Waals surface area (Å²) in [5.41, 5.74) is -0.0534. The Hall–Kier alpha value is -2.61. The minimum absolute atomic E-state index is 0.0526. The molecule has 0 saturated carbocycles. The Morgan fingerprint density at radius 1 is 1.17 bits per heavy atom. The summed E-state index contributed by atoms with van der Waals surface area (Å²) in [6.07, 6.45) is 1.94. The van der Waals surface area contributed by atoms with Crippen molar-refractivity contribution in [3.8, 4) is 5.75 Å². The highest BCUT2D eigenvalue weighted by molar-refractivity contribution is 7.92. The second-order valence-corrected chi connectivity index (χ2v) is 6.77. The third-order valence-corrected chi connectivity index (χ3v) is 4.61. The normalized spacial score (nSPS) is 11.0. The first-order chi connectivity index (χ1) is 11.4. The molecule has 0 amide bonds. The van der Waals surface area contributed by atoms with Gasteiger partial charge in [0.1, 0.15) is 5.75 Å². The minimum Gasteiger partial charge on any atom is -0.494 e. The summed E-state index contributed by atoms with van der Waals surface area (Å²) in [6.45, 7) is 2.63. The van der Waals surface area contributed by atoms with Crippen LogP contribution in [0.1, 0.15) is 19.8 Å². The number of sulfonamides is 1. The molecule has 0 aliphatic carbocycles. The molecule has 2 aromatic rings. The van der Waals surface area contributed by atoms with Gasteiger partial charge in [-0.15, -0.1) is 0 Å². The Morgan fingerprint density at radius 3 is 2.50 bits per heavy atom. The number of unbranched alkanes of at least 4 members (excludes halogenated alkanes) is 1. The predicted molar refractivity (Wildman–Crippen MR) is 90.7 cm³/mol. The molecule has 0 fully saturated rings. The van der Waals surface area contributed by atoms with Crippen molar-refractivity contribution in [2.45, 2.75) is 24.7 Å². The predicted octanol–water partition coefficient (Wildman–Crippen LogP) is 3.57. The van der Waals surface area contributed by atoms with E-state index in [2.05, 4.69) is 11.6 Å². The lowest BCUT2D eigenvalue weighted by Gasteiger charge is -2.09. The maximum absolute atomic E-state index is 12.3. The molecule has 7 nitrogen and oxygen atoms in total. The number of nitro benzene ring substituents is 1. The number of anilines is 1. The first kappa shape index (κ1) is 17.7. The van der Waals surface area contributed by atoms with Crippen molar-refractivity contribution in [1.82, 2.24) is 0 Å². The van der Waals surface area contributed by atoms with Gasteiger partial charge in [-0.3, -0.25) is 14.8 Å². The van der Waals surface area contributed by atoms with Gasteiger partial charge in [-0.05, 0) is 36.8 Å². The Morgan fingerprint density at radius 2 is 1.88 bits per heavy atom. The summed E-state index contributed by atoms with van der Waals surface area (Å²) in [7, 11) is -3.83.